The third-order valence-electron chi connectivity index (χ3n) is 2.30. The van der Waals surface area contributed by atoms with Crippen LogP contribution in [0.2, 0.25) is 0 Å². The fourth-order valence-electron chi connectivity index (χ4n) is 1.49. The van der Waals surface area contributed by atoms with Crippen molar-refractivity contribution in [1.29, 1.82) is 0 Å². The van der Waals surface area contributed by atoms with Gasteiger partial charge in [0.15, 0.2) is 5.84 Å². The molecule has 0 atom stereocenters. The molecular weight excluding hydrogens is 239 g/mol. The molecule has 0 bridgehead atoms. The summed E-state index contributed by atoms with van der Waals surface area (Å²) < 4.78 is 13.2. The van der Waals surface area contributed by atoms with Crippen molar-refractivity contribution in [3.63, 3.8) is 0 Å². The average Bonchev–Trinajstić information content (AvgIpc) is 2.29. The Balaban J connectivity index is 2.96. The number of amidine groups is 1. The van der Waals surface area contributed by atoms with Crippen molar-refractivity contribution >= 4 is 5.84 Å². The van der Waals surface area contributed by atoms with Gasteiger partial charge in [-0.2, -0.15) is 0 Å². The summed E-state index contributed by atoms with van der Waals surface area (Å²) >= 11 is 0. The SMILES string of the molecule is Cc1cc(C#CC(=NC(C)C)NC(C)C)ccc1F. The minimum atomic E-state index is -0.207. The smallest absolute Gasteiger partial charge is 0.174 e. The number of nitrogens with one attached hydrogen (secondary N) is 1. The van der Waals surface area contributed by atoms with E-state index in [1.807, 2.05) is 27.7 Å². The lowest BCUT2D eigenvalue weighted by molar-refractivity contribution is 0.618. The van der Waals surface area contributed by atoms with Crippen LogP contribution in [0, 0.1) is 24.6 Å². The van der Waals surface area contributed by atoms with Gasteiger partial charge < -0.3 is 5.32 Å². The molecule has 3 heteroatoms. The van der Waals surface area contributed by atoms with Crippen molar-refractivity contribution in [2.45, 2.75) is 46.7 Å². The average molecular weight is 260 g/mol. The molecule has 0 aliphatic rings. The molecule has 1 aromatic rings. The first-order valence-electron chi connectivity index (χ1n) is 6.51. The van der Waals surface area contributed by atoms with Crippen molar-refractivity contribution < 1.29 is 4.39 Å². The zero-order valence-electron chi connectivity index (χ0n) is 12.2. The highest BCUT2D eigenvalue weighted by molar-refractivity contribution is 5.99. The number of rotatable bonds is 2. The predicted octanol–water partition coefficient (Wildman–Crippen LogP) is 3.29. The van der Waals surface area contributed by atoms with E-state index < -0.39 is 0 Å². The summed E-state index contributed by atoms with van der Waals surface area (Å²) in [6.45, 7) is 9.83. The quantitative estimate of drug-likeness (QED) is 0.492. The number of halogens is 1. The van der Waals surface area contributed by atoms with E-state index in [4.69, 9.17) is 0 Å². The van der Waals surface area contributed by atoms with E-state index in [2.05, 4.69) is 22.2 Å². The molecule has 1 N–H and O–H groups in total. The van der Waals surface area contributed by atoms with Gasteiger partial charge >= 0.3 is 0 Å². The molecular formula is C16H21FN2. The third kappa shape index (κ3) is 5.56. The Hall–Kier alpha value is -1.82. The van der Waals surface area contributed by atoms with Gasteiger partial charge in [-0.1, -0.05) is 5.92 Å². The number of benzene rings is 1. The maximum atomic E-state index is 13.2. The zero-order valence-corrected chi connectivity index (χ0v) is 12.2. The highest BCUT2D eigenvalue weighted by atomic mass is 19.1. The van der Waals surface area contributed by atoms with Crippen LogP contribution >= 0.6 is 0 Å². The normalized spacial score (nSPS) is 11.5. The molecule has 0 saturated carbocycles. The molecule has 0 heterocycles. The van der Waals surface area contributed by atoms with Crippen molar-refractivity contribution in [2.24, 2.45) is 4.99 Å². The standard InChI is InChI=1S/C16H21FN2/c1-11(2)18-16(19-12(3)4)9-7-14-6-8-15(17)13(5)10-14/h6,8,10-12H,1-5H3,(H,18,19). The Morgan fingerprint density at radius 3 is 2.47 bits per heavy atom. The predicted molar refractivity (Wildman–Crippen MR) is 78.9 cm³/mol. The molecule has 1 aromatic carbocycles. The molecule has 0 saturated heterocycles. The first-order valence-corrected chi connectivity index (χ1v) is 6.51. The Bertz CT molecular complexity index is 519. The molecule has 102 valence electrons. The number of nitrogens with zero attached hydrogens (tertiary/aromatic N) is 1. The van der Waals surface area contributed by atoms with Crippen molar-refractivity contribution in [3.05, 3.63) is 35.1 Å². The molecule has 1 rings (SSSR count). The van der Waals surface area contributed by atoms with E-state index >= 15 is 0 Å². The number of aliphatic imine (C=N–C) groups is 1. The Labute approximate surface area is 115 Å². The lowest BCUT2D eigenvalue weighted by Crippen LogP contribution is -2.30. The maximum absolute atomic E-state index is 13.2. The van der Waals surface area contributed by atoms with Gasteiger partial charge in [-0.25, -0.2) is 4.39 Å². The summed E-state index contributed by atoms with van der Waals surface area (Å²) in [5.74, 6) is 6.49. The van der Waals surface area contributed by atoms with Gasteiger partial charge in [0.05, 0.1) is 0 Å². The van der Waals surface area contributed by atoms with Crippen molar-refractivity contribution in [3.8, 4) is 11.8 Å². The second-order valence-electron chi connectivity index (χ2n) is 5.08. The number of hydrogen-bond acceptors (Lipinski definition) is 1. The molecule has 0 fully saturated rings. The zero-order chi connectivity index (χ0) is 14.4. The first-order chi connectivity index (χ1) is 8.88. The summed E-state index contributed by atoms with van der Waals surface area (Å²) in [6.07, 6.45) is 0. The first kappa shape index (κ1) is 15.2. The summed E-state index contributed by atoms with van der Waals surface area (Å²) in [6, 6.07) is 5.32. The second-order valence-corrected chi connectivity index (χ2v) is 5.08. The molecule has 0 aliphatic heterocycles. The lowest BCUT2D eigenvalue weighted by Gasteiger charge is -2.09. The summed E-state index contributed by atoms with van der Waals surface area (Å²) in [4.78, 5) is 4.43. The molecule has 0 aliphatic carbocycles. The summed E-state index contributed by atoms with van der Waals surface area (Å²) in [5, 5.41) is 3.21. The van der Waals surface area contributed by atoms with Crippen molar-refractivity contribution in [1.82, 2.24) is 5.32 Å². The van der Waals surface area contributed by atoms with Gasteiger partial charge in [0, 0.05) is 17.6 Å². The lowest BCUT2D eigenvalue weighted by atomic mass is 10.1. The minimum Gasteiger partial charge on any atom is -0.361 e. The number of aryl methyl sites for hydroxylation is 1. The van der Waals surface area contributed by atoms with E-state index in [1.54, 1.807) is 19.1 Å². The van der Waals surface area contributed by atoms with Crippen LogP contribution in [0.1, 0.15) is 38.8 Å². The van der Waals surface area contributed by atoms with Gasteiger partial charge in [0.1, 0.15) is 5.82 Å². The van der Waals surface area contributed by atoms with Crippen LogP contribution in [-0.4, -0.2) is 17.9 Å². The van der Waals surface area contributed by atoms with E-state index in [0.29, 0.717) is 11.4 Å². The molecule has 0 radical (unpaired) electrons. The van der Waals surface area contributed by atoms with Crippen LogP contribution < -0.4 is 5.32 Å². The molecule has 19 heavy (non-hydrogen) atoms. The van der Waals surface area contributed by atoms with Crippen molar-refractivity contribution in [2.75, 3.05) is 0 Å². The highest BCUT2D eigenvalue weighted by Crippen LogP contribution is 2.07. The van der Waals surface area contributed by atoms with Crippen LogP contribution in [0.25, 0.3) is 0 Å². The monoisotopic (exact) mass is 260 g/mol. The largest absolute Gasteiger partial charge is 0.361 e. The fourth-order valence-corrected chi connectivity index (χ4v) is 1.49. The highest BCUT2D eigenvalue weighted by Gasteiger charge is 2.00. The van der Waals surface area contributed by atoms with Gasteiger partial charge in [-0.3, -0.25) is 4.99 Å². The Kier molecular flexibility index (Phi) is 5.57. The minimum absolute atomic E-state index is 0.186. The fraction of sp³-hybridized carbons (Fsp3) is 0.438. The summed E-state index contributed by atoms with van der Waals surface area (Å²) in [7, 11) is 0. The number of hydrogen-bond donors (Lipinski definition) is 1. The Morgan fingerprint density at radius 2 is 1.95 bits per heavy atom. The molecule has 0 spiro atoms. The van der Waals surface area contributed by atoms with Crippen LogP contribution in [0.5, 0.6) is 0 Å². The van der Waals surface area contributed by atoms with Gasteiger partial charge in [0.25, 0.3) is 0 Å². The van der Waals surface area contributed by atoms with E-state index in [-0.39, 0.29) is 17.9 Å². The molecule has 2 nitrogen and oxygen atoms in total. The van der Waals surface area contributed by atoms with Crippen LogP contribution in [0.3, 0.4) is 0 Å². The molecule has 0 aromatic heterocycles. The van der Waals surface area contributed by atoms with Gasteiger partial charge in [-0.05, 0) is 64.3 Å². The van der Waals surface area contributed by atoms with E-state index in [9.17, 15) is 4.39 Å². The topological polar surface area (TPSA) is 24.4 Å². The van der Waals surface area contributed by atoms with Crippen LogP contribution in [0.4, 0.5) is 4.39 Å². The second kappa shape index (κ2) is 6.94. The van der Waals surface area contributed by atoms with Gasteiger partial charge in [0.2, 0.25) is 0 Å². The van der Waals surface area contributed by atoms with E-state index in [0.717, 1.165) is 5.56 Å². The van der Waals surface area contributed by atoms with E-state index in [1.165, 1.54) is 6.07 Å². The van der Waals surface area contributed by atoms with Gasteiger partial charge in [-0.15, -0.1) is 0 Å². The van der Waals surface area contributed by atoms with Crippen LogP contribution in [0.15, 0.2) is 23.2 Å². The molecule has 0 amide bonds. The Morgan fingerprint density at radius 1 is 1.26 bits per heavy atom. The molecule has 0 unspecified atom stereocenters. The maximum Gasteiger partial charge on any atom is 0.174 e. The summed E-state index contributed by atoms with van der Waals surface area (Å²) in [5.41, 5.74) is 1.40. The third-order valence-corrected chi connectivity index (χ3v) is 2.30. The van der Waals surface area contributed by atoms with Crippen LogP contribution in [-0.2, 0) is 0 Å².